The fraction of sp³-hybridized carbons (Fsp3) is 0.333. The quantitative estimate of drug-likeness (QED) is 0.698. The summed E-state index contributed by atoms with van der Waals surface area (Å²) in [4.78, 5) is 4.55. The van der Waals surface area contributed by atoms with Crippen molar-refractivity contribution in [3.63, 3.8) is 0 Å². The molecule has 3 rings (SSSR count). The molecule has 126 valence electrons. The molecule has 3 N–H and O–H groups in total. The van der Waals surface area contributed by atoms with E-state index < -0.39 is 0 Å². The minimum atomic E-state index is -0.0789. The number of halogens is 1. The first-order valence-electron chi connectivity index (χ1n) is 8.11. The predicted molar refractivity (Wildman–Crippen MR) is 101 cm³/mol. The average molecular weight is 388 g/mol. The Morgan fingerprint density at radius 2 is 2.04 bits per heavy atom. The van der Waals surface area contributed by atoms with Gasteiger partial charge < -0.3 is 11.1 Å². The van der Waals surface area contributed by atoms with Crippen LogP contribution in [0, 0.1) is 13.8 Å². The van der Waals surface area contributed by atoms with Crippen LogP contribution in [-0.2, 0) is 6.42 Å². The molecule has 1 aromatic carbocycles. The standard InChI is InChI=1S/C18H22BrN5/c1-4-13-7-5-6-8-14(13)15(20)10-21-16-9-11(2)22-18-17(19)12(3)23-24(16)18/h5-9,15,21H,4,10,20H2,1-3H3. The maximum Gasteiger partial charge on any atom is 0.172 e. The Balaban J connectivity index is 1.87. The molecule has 3 aromatic rings. The molecule has 0 aliphatic carbocycles. The third-order valence-corrected chi connectivity index (χ3v) is 5.09. The molecule has 1 atom stereocenters. The summed E-state index contributed by atoms with van der Waals surface area (Å²) >= 11 is 3.56. The Bertz CT molecular complexity index is 871. The van der Waals surface area contributed by atoms with E-state index >= 15 is 0 Å². The van der Waals surface area contributed by atoms with Crippen molar-refractivity contribution >= 4 is 27.4 Å². The van der Waals surface area contributed by atoms with Gasteiger partial charge in [0.15, 0.2) is 5.65 Å². The van der Waals surface area contributed by atoms with E-state index in [1.165, 1.54) is 11.1 Å². The summed E-state index contributed by atoms with van der Waals surface area (Å²) in [7, 11) is 0. The Labute approximate surface area is 150 Å². The number of aryl methyl sites for hydroxylation is 3. The van der Waals surface area contributed by atoms with Crippen LogP contribution in [0.5, 0.6) is 0 Å². The highest BCUT2D eigenvalue weighted by Gasteiger charge is 2.14. The van der Waals surface area contributed by atoms with Crippen molar-refractivity contribution in [2.45, 2.75) is 33.2 Å². The number of nitrogens with one attached hydrogen (secondary N) is 1. The summed E-state index contributed by atoms with van der Waals surface area (Å²) in [5.41, 5.74) is 11.6. The van der Waals surface area contributed by atoms with Crippen LogP contribution < -0.4 is 11.1 Å². The van der Waals surface area contributed by atoms with Gasteiger partial charge in [0.1, 0.15) is 5.82 Å². The fourth-order valence-electron chi connectivity index (χ4n) is 2.89. The average Bonchev–Trinajstić information content (AvgIpc) is 2.87. The summed E-state index contributed by atoms with van der Waals surface area (Å²) in [5, 5.41) is 7.98. The summed E-state index contributed by atoms with van der Waals surface area (Å²) in [6.07, 6.45) is 0.980. The van der Waals surface area contributed by atoms with E-state index in [0.717, 1.165) is 33.7 Å². The van der Waals surface area contributed by atoms with Crippen LogP contribution in [0.3, 0.4) is 0 Å². The fourth-order valence-corrected chi connectivity index (χ4v) is 3.22. The van der Waals surface area contributed by atoms with E-state index in [4.69, 9.17) is 5.73 Å². The number of anilines is 1. The number of hydrogen-bond acceptors (Lipinski definition) is 4. The van der Waals surface area contributed by atoms with Crippen LogP contribution >= 0.6 is 15.9 Å². The minimum absolute atomic E-state index is 0.0789. The molecule has 2 aromatic heterocycles. The number of rotatable bonds is 5. The summed E-state index contributed by atoms with van der Waals surface area (Å²) in [5.74, 6) is 0.899. The lowest BCUT2D eigenvalue weighted by atomic mass is 9.99. The number of aromatic nitrogens is 3. The number of nitrogens with zero attached hydrogens (tertiary/aromatic N) is 3. The zero-order valence-electron chi connectivity index (χ0n) is 14.2. The molecule has 0 saturated heterocycles. The topological polar surface area (TPSA) is 68.2 Å². The molecular formula is C18H22BrN5. The van der Waals surface area contributed by atoms with Crippen molar-refractivity contribution in [2.75, 3.05) is 11.9 Å². The van der Waals surface area contributed by atoms with E-state index in [-0.39, 0.29) is 6.04 Å². The molecule has 5 nitrogen and oxygen atoms in total. The lowest BCUT2D eigenvalue weighted by Gasteiger charge is -2.17. The van der Waals surface area contributed by atoms with Gasteiger partial charge in [0, 0.05) is 24.3 Å². The first-order chi connectivity index (χ1) is 11.5. The normalized spacial score (nSPS) is 12.5. The molecule has 2 heterocycles. The SMILES string of the molecule is CCc1ccccc1C(N)CNc1cc(C)nc2c(Br)c(C)nn12. The predicted octanol–water partition coefficient (Wildman–Crippen LogP) is 3.78. The van der Waals surface area contributed by atoms with Gasteiger partial charge in [-0.25, -0.2) is 4.98 Å². The monoisotopic (exact) mass is 387 g/mol. The van der Waals surface area contributed by atoms with Gasteiger partial charge >= 0.3 is 0 Å². The maximum absolute atomic E-state index is 6.42. The Kier molecular flexibility index (Phi) is 4.87. The van der Waals surface area contributed by atoms with Gasteiger partial charge in [-0.15, -0.1) is 0 Å². The van der Waals surface area contributed by atoms with Gasteiger partial charge in [-0.2, -0.15) is 9.61 Å². The van der Waals surface area contributed by atoms with Crippen molar-refractivity contribution < 1.29 is 0 Å². The minimum Gasteiger partial charge on any atom is -0.368 e. The molecule has 0 saturated carbocycles. The van der Waals surface area contributed by atoms with E-state index in [2.05, 4.69) is 56.5 Å². The van der Waals surface area contributed by atoms with Gasteiger partial charge in [-0.3, -0.25) is 0 Å². The number of hydrogen-bond donors (Lipinski definition) is 2. The Hall–Kier alpha value is -1.92. The largest absolute Gasteiger partial charge is 0.368 e. The molecule has 6 heteroatoms. The van der Waals surface area contributed by atoms with Crippen LogP contribution in [0.1, 0.15) is 35.5 Å². The van der Waals surface area contributed by atoms with E-state index in [1.807, 2.05) is 30.5 Å². The lowest BCUT2D eigenvalue weighted by Crippen LogP contribution is -2.23. The zero-order valence-corrected chi connectivity index (χ0v) is 15.8. The summed E-state index contributed by atoms with van der Waals surface area (Å²) < 4.78 is 2.75. The molecule has 0 amide bonds. The van der Waals surface area contributed by atoms with Crippen molar-refractivity contribution in [1.82, 2.24) is 14.6 Å². The summed E-state index contributed by atoms with van der Waals surface area (Å²) in [6.45, 7) is 6.72. The lowest BCUT2D eigenvalue weighted by molar-refractivity contribution is 0.744. The second-order valence-corrected chi connectivity index (χ2v) is 6.75. The summed E-state index contributed by atoms with van der Waals surface area (Å²) in [6, 6.07) is 10.2. The Morgan fingerprint density at radius 1 is 1.29 bits per heavy atom. The molecule has 1 unspecified atom stereocenters. The van der Waals surface area contributed by atoms with Crippen LogP contribution in [0.15, 0.2) is 34.8 Å². The van der Waals surface area contributed by atoms with E-state index in [9.17, 15) is 0 Å². The zero-order chi connectivity index (χ0) is 17.3. The van der Waals surface area contributed by atoms with Gasteiger partial charge in [0.2, 0.25) is 0 Å². The highest BCUT2D eigenvalue weighted by atomic mass is 79.9. The van der Waals surface area contributed by atoms with Gasteiger partial charge in [-0.1, -0.05) is 31.2 Å². The van der Waals surface area contributed by atoms with Crippen molar-refractivity contribution in [3.05, 3.63) is 57.3 Å². The van der Waals surface area contributed by atoms with Crippen LogP contribution in [0.25, 0.3) is 5.65 Å². The first-order valence-corrected chi connectivity index (χ1v) is 8.90. The van der Waals surface area contributed by atoms with E-state index in [1.54, 1.807) is 0 Å². The molecule has 0 aliphatic rings. The molecule has 24 heavy (non-hydrogen) atoms. The van der Waals surface area contributed by atoms with Gasteiger partial charge in [-0.05, 0) is 47.3 Å². The highest BCUT2D eigenvalue weighted by molar-refractivity contribution is 9.10. The molecule has 0 fully saturated rings. The van der Waals surface area contributed by atoms with Crippen molar-refractivity contribution in [2.24, 2.45) is 5.73 Å². The third kappa shape index (κ3) is 3.16. The number of fused-ring (bicyclic) bond motifs is 1. The van der Waals surface area contributed by atoms with Crippen LogP contribution in [0.2, 0.25) is 0 Å². The molecular weight excluding hydrogens is 366 g/mol. The number of benzene rings is 1. The van der Waals surface area contributed by atoms with Crippen molar-refractivity contribution in [3.8, 4) is 0 Å². The Morgan fingerprint density at radius 3 is 2.79 bits per heavy atom. The number of nitrogens with two attached hydrogens (primary N) is 1. The van der Waals surface area contributed by atoms with Gasteiger partial charge in [0.25, 0.3) is 0 Å². The maximum atomic E-state index is 6.42. The van der Waals surface area contributed by atoms with Crippen molar-refractivity contribution in [1.29, 1.82) is 0 Å². The van der Waals surface area contributed by atoms with Crippen LogP contribution in [0.4, 0.5) is 5.82 Å². The third-order valence-electron chi connectivity index (χ3n) is 4.16. The van der Waals surface area contributed by atoms with Crippen LogP contribution in [-0.4, -0.2) is 21.1 Å². The molecule has 0 aliphatic heterocycles. The van der Waals surface area contributed by atoms with Gasteiger partial charge in [0.05, 0.1) is 10.2 Å². The molecule has 0 radical (unpaired) electrons. The molecule has 0 spiro atoms. The molecule has 0 bridgehead atoms. The highest BCUT2D eigenvalue weighted by Crippen LogP contribution is 2.24. The smallest absolute Gasteiger partial charge is 0.172 e. The second kappa shape index (κ2) is 6.91. The first kappa shape index (κ1) is 16.9. The second-order valence-electron chi connectivity index (χ2n) is 5.96. The van der Waals surface area contributed by atoms with E-state index in [0.29, 0.717) is 6.54 Å².